The zero-order chi connectivity index (χ0) is 25.4. The predicted octanol–water partition coefficient (Wildman–Crippen LogP) is 4.80. The van der Waals surface area contributed by atoms with Crippen molar-refractivity contribution in [2.24, 2.45) is 0 Å². The first kappa shape index (κ1) is 26.5. The lowest BCUT2D eigenvalue weighted by atomic mass is 9.97. The second-order valence-electron chi connectivity index (χ2n) is 9.32. The van der Waals surface area contributed by atoms with Crippen molar-refractivity contribution >= 4 is 16.7 Å². The van der Waals surface area contributed by atoms with Gasteiger partial charge in [-0.15, -0.1) is 0 Å². The molecule has 2 aliphatic carbocycles. The standard InChI is InChI=1S/C29H34O6/c1-3-4-5-6-7-8-9-10-11-12-17-24(35-19(2)30)22-18-23(31)25-26(29(22)34)28(33)21-16-14-13-15-20(21)27(25)32/h13-16,18,24H,3-12,17H2,1-2H3. The molecule has 0 heterocycles. The van der Waals surface area contributed by atoms with Gasteiger partial charge in [0.25, 0.3) is 0 Å². The van der Waals surface area contributed by atoms with Gasteiger partial charge in [-0.1, -0.05) is 89.0 Å². The highest BCUT2D eigenvalue weighted by Gasteiger charge is 2.22. The minimum absolute atomic E-state index is 0.0274. The summed E-state index contributed by atoms with van der Waals surface area (Å²) in [4.78, 5) is 63.9. The minimum atomic E-state index is -0.924. The van der Waals surface area contributed by atoms with Gasteiger partial charge in [0.15, 0.2) is 21.7 Å². The number of fused-ring (bicyclic) bond motifs is 1. The van der Waals surface area contributed by atoms with Crippen LogP contribution in [0.2, 0.25) is 0 Å². The molecule has 6 heteroatoms. The molecule has 1 unspecified atom stereocenters. The number of benzene rings is 1. The molecule has 0 N–H and O–H groups in total. The molecule has 2 aliphatic rings. The molecule has 6 nitrogen and oxygen atoms in total. The highest BCUT2D eigenvalue weighted by atomic mass is 16.5. The predicted molar refractivity (Wildman–Crippen MR) is 138 cm³/mol. The molecule has 1 aromatic carbocycles. The zero-order valence-corrected chi connectivity index (χ0v) is 20.7. The van der Waals surface area contributed by atoms with Crippen molar-refractivity contribution in [1.82, 2.24) is 0 Å². The smallest absolute Gasteiger partial charge is 0.303 e. The summed E-state index contributed by atoms with van der Waals surface area (Å²) in [7, 11) is 0. The van der Waals surface area contributed by atoms with Crippen LogP contribution in [0.15, 0.2) is 49.5 Å². The Balaban J connectivity index is 1.82. The van der Waals surface area contributed by atoms with Crippen molar-refractivity contribution in [3.63, 3.8) is 0 Å². The molecule has 0 spiro atoms. The number of hydrogen-bond donors (Lipinski definition) is 0. The Kier molecular flexibility index (Phi) is 9.47. The van der Waals surface area contributed by atoms with E-state index in [4.69, 9.17) is 4.74 Å². The molecule has 0 aliphatic heterocycles. The van der Waals surface area contributed by atoms with Gasteiger partial charge >= 0.3 is 5.97 Å². The summed E-state index contributed by atoms with van der Waals surface area (Å²) in [6, 6.07) is 7.24. The number of ether oxygens (including phenoxy) is 1. The Labute approximate surface area is 204 Å². The maximum absolute atomic E-state index is 13.3. The van der Waals surface area contributed by atoms with Gasteiger partial charge in [-0.2, -0.15) is 0 Å². The molecular weight excluding hydrogens is 444 g/mol. The van der Waals surface area contributed by atoms with Crippen LogP contribution < -0.4 is 21.7 Å². The number of unbranched alkanes of at least 4 members (excludes halogenated alkanes) is 9. The molecule has 0 radical (unpaired) electrons. The van der Waals surface area contributed by atoms with E-state index in [0.717, 1.165) is 25.3 Å². The number of carbonyl (C=O) groups is 1. The number of carbonyl (C=O) groups excluding carboxylic acids is 1. The fourth-order valence-electron chi connectivity index (χ4n) is 4.79. The van der Waals surface area contributed by atoms with Crippen LogP contribution in [0.3, 0.4) is 0 Å². The minimum Gasteiger partial charge on any atom is -0.458 e. The second kappa shape index (κ2) is 12.5. The number of rotatable bonds is 13. The maximum Gasteiger partial charge on any atom is 0.303 e. The highest BCUT2D eigenvalue weighted by molar-refractivity contribution is 5.82. The van der Waals surface area contributed by atoms with Gasteiger partial charge in [0.05, 0.1) is 10.4 Å². The molecule has 0 amide bonds. The van der Waals surface area contributed by atoms with E-state index in [1.165, 1.54) is 57.6 Å². The van der Waals surface area contributed by atoms with Gasteiger partial charge < -0.3 is 4.74 Å². The van der Waals surface area contributed by atoms with Crippen LogP contribution in [0, 0.1) is 10.4 Å². The van der Waals surface area contributed by atoms with Gasteiger partial charge in [0, 0.05) is 23.3 Å². The van der Waals surface area contributed by atoms with E-state index in [2.05, 4.69) is 6.92 Å². The van der Waals surface area contributed by atoms with Crippen LogP contribution in [-0.4, -0.2) is 5.97 Å². The third-order valence-electron chi connectivity index (χ3n) is 6.62. The van der Waals surface area contributed by atoms with Crippen molar-refractivity contribution in [1.29, 1.82) is 0 Å². The Bertz CT molecular complexity index is 1430. The average molecular weight is 479 g/mol. The van der Waals surface area contributed by atoms with E-state index in [1.54, 1.807) is 12.1 Å². The van der Waals surface area contributed by atoms with Crippen LogP contribution in [-0.2, 0) is 9.53 Å². The van der Waals surface area contributed by atoms with E-state index in [-0.39, 0.29) is 21.6 Å². The first-order valence-electron chi connectivity index (χ1n) is 12.8. The first-order chi connectivity index (χ1) is 16.9. The van der Waals surface area contributed by atoms with Crippen LogP contribution >= 0.6 is 0 Å². The Hall–Kier alpha value is -3.15. The van der Waals surface area contributed by atoms with Crippen LogP contribution in [0.5, 0.6) is 0 Å². The number of esters is 1. The third-order valence-corrected chi connectivity index (χ3v) is 6.62. The molecular formula is C29H34O6. The molecule has 186 valence electrons. The lowest BCUT2D eigenvalue weighted by molar-refractivity contribution is -0.147. The average Bonchev–Trinajstić information content (AvgIpc) is 2.84. The van der Waals surface area contributed by atoms with Crippen molar-refractivity contribution in [3.8, 4) is 0 Å². The summed E-state index contributed by atoms with van der Waals surface area (Å²) >= 11 is 0. The molecule has 0 bridgehead atoms. The van der Waals surface area contributed by atoms with E-state index in [9.17, 15) is 24.0 Å². The fraction of sp³-hybridized carbons (Fsp3) is 0.483. The van der Waals surface area contributed by atoms with Gasteiger partial charge in [-0.05, 0) is 18.9 Å². The Morgan fingerprint density at radius 1 is 0.743 bits per heavy atom. The van der Waals surface area contributed by atoms with E-state index < -0.39 is 39.0 Å². The van der Waals surface area contributed by atoms with Crippen molar-refractivity contribution < 1.29 is 9.53 Å². The maximum atomic E-state index is 13.3. The topological polar surface area (TPSA) is 94.6 Å². The van der Waals surface area contributed by atoms with Gasteiger partial charge in [-0.25, -0.2) is 0 Å². The SMILES string of the molecule is CCCCCCCCCCCCC(OC(C)=O)c1cc(=O)c2c(=O)c3ccccc3c(=O)c=2c1=O. The summed E-state index contributed by atoms with van der Waals surface area (Å²) in [6.07, 6.45) is 10.8. The molecule has 1 aromatic rings. The highest BCUT2D eigenvalue weighted by Crippen LogP contribution is 2.22. The van der Waals surface area contributed by atoms with E-state index in [0.29, 0.717) is 12.8 Å². The quantitative estimate of drug-likeness (QED) is 0.259. The Morgan fingerprint density at radius 2 is 1.26 bits per heavy atom. The van der Waals surface area contributed by atoms with Gasteiger partial charge in [-0.3, -0.25) is 24.0 Å². The second-order valence-corrected chi connectivity index (χ2v) is 9.32. The van der Waals surface area contributed by atoms with Gasteiger partial charge in [0.2, 0.25) is 0 Å². The van der Waals surface area contributed by atoms with Crippen LogP contribution in [0.1, 0.15) is 96.1 Å². The molecule has 0 aromatic heterocycles. The lowest BCUT2D eigenvalue weighted by Crippen LogP contribution is -2.32. The normalized spacial score (nSPS) is 12.3. The molecule has 0 fully saturated rings. The van der Waals surface area contributed by atoms with E-state index >= 15 is 0 Å². The summed E-state index contributed by atoms with van der Waals surface area (Å²) < 4.78 is 5.40. The molecule has 35 heavy (non-hydrogen) atoms. The summed E-state index contributed by atoms with van der Waals surface area (Å²) in [5, 5.41) is -0.562. The van der Waals surface area contributed by atoms with Crippen LogP contribution in [0.4, 0.5) is 0 Å². The molecule has 3 rings (SSSR count). The fourth-order valence-corrected chi connectivity index (χ4v) is 4.79. The Morgan fingerprint density at radius 3 is 1.80 bits per heavy atom. The zero-order valence-electron chi connectivity index (χ0n) is 20.7. The number of hydrogen-bond acceptors (Lipinski definition) is 6. The van der Waals surface area contributed by atoms with Crippen molar-refractivity contribution in [2.75, 3.05) is 0 Å². The third kappa shape index (κ3) is 6.30. The largest absolute Gasteiger partial charge is 0.458 e. The van der Waals surface area contributed by atoms with E-state index in [1.807, 2.05) is 0 Å². The monoisotopic (exact) mass is 478 g/mol. The van der Waals surface area contributed by atoms with Gasteiger partial charge in [0.1, 0.15) is 6.10 Å². The van der Waals surface area contributed by atoms with Crippen LogP contribution in [0.25, 0.3) is 10.8 Å². The molecule has 1 atom stereocenters. The first-order valence-corrected chi connectivity index (χ1v) is 12.8. The molecule has 0 saturated heterocycles. The van der Waals surface area contributed by atoms with Crippen molar-refractivity contribution in [2.45, 2.75) is 90.6 Å². The lowest BCUT2D eigenvalue weighted by Gasteiger charge is -2.16. The summed E-state index contributed by atoms with van der Waals surface area (Å²) in [6.45, 7) is 3.45. The molecule has 0 saturated carbocycles. The van der Waals surface area contributed by atoms with Crippen molar-refractivity contribution in [3.05, 3.63) is 87.2 Å². The summed E-state index contributed by atoms with van der Waals surface area (Å²) in [5.41, 5.74) is -2.68. The summed E-state index contributed by atoms with van der Waals surface area (Å²) in [5.74, 6) is -0.570.